The van der Waals surface area contributed by atoms with Crippen LogP contribution in [-0.4, -0.2) is 21.9 Å². The van der Waals surface area contributed by atoms with Crippen molar-refractivity contribution < 1.29 is 14.7 Å². The minimum atomic E-state index is -1.80. The van der Waals surface area contributed by atoms with E-state index in [1.165, 1.54) is 6.07 Å². The van der Waals surface area contributed by atoms with E-state index in [0.29, 0.717) is 15.1 Å². The Balaban J connectivity index is 2.09. The van der Waals surface area contributed by atoms with Crippen molar-refractivity contribution in [3.63, 3.8) is 0 Å². The van der Waals surface area contributed by atoms with Gasteiger partial charge in [0.1, 0.15) is 5.69 Å². The summed E-state index contributed by atoms with van der Waals surface area (Å²) in [4.78, 5) is 26.9. The zero-order valence-electron chi connectivity index (χ0n) is 12.2. The lowest BCUT2D eigenvalue weighted by atomic mass is 9.90. The highest BCUT2D eigenvalue weighted by Gasteiger charge is 2.36. The molecule has 4 N–H and O–H groups in total. The summed E-state index contributed by atoms with van der Waals surface area (Å²) >= 11 is 9.11. The van der Waals surface area contributed by atoms with E-state index in [0.717, 1.165) is 0 Å². The maximum Gasteiger partial charge on any atom is 0.286 e. The Kier molecular flexibility index (Phi) is 5.46. The fourth-order valence-electron chi connectivity index (χ4n) is 2.02. The van der Waals surface area contributed by atoms with Gasteiger partial charge in [0.2, 0.25) is 0 Å². The maximum atomic E-state index is 12.3. The lowest BCUT2D eigenvalue weighted by Crippen LogP contribution is -2.51. The number of nitrogens with one attached hydrogen (secondary N) is 3. The monoisotopic (exact) mass is 399 g/mol. The summed E-state index contributed by atoms with van der Waals surface area (Å²) in [5.74, 6) is -1.28. The molecule has 0 saturated heterocycles. The summed E-state index contributed by atoms with van der Waals surface area (Å²) in [7, 11) is 0. The zero-order chi connectivity index (χ0) is 17.0. The number of carbonyl (C=O) groups is 2. The minimum absolute atomic E-state index is 0.114. The Morgan fingerprint density at radius 3 is 2.65 bits per heavy atom. The maximum absolute atomic E-state index is 12.3. The van der Waals surface area contributed by atoms with Gasteiger partial charge in [0.05, 0.1) is 0 Å². The van der Waals surface area contributed by atoms with Crippen LogP contribution in [0.15, 0.2) is 41.0 Å². The number of aliphatic hydroxyl groups is 1. The molecular weight excluding hydrogens is 386 g/mol. The molecule has 23 heavy (non-hydrogen) atoms. The van der Waals surface area contributed by atoms with Crippen LogP contribution in [0, 0.1) is 0 Å². The molecule has 2 amide bonds. The molecule has 1 aromatic heterocycles. The fourth-order valence-corrected chi connectivity index (χ4v) is 2.56. The third-order valence-corrected chi connectivity index (χ3v) is 4.06. The van der Waals surface area contributed by atoms with Gasteiger partial charge in [-0.3, -0.25) is 20.4 Å². The van der Waals surface area contributed by atoms with Crippen LogP contribution in [0.2, 0.25) is 5.02 Å². The first kappa shape index (κ1) is 17.5. The average Bonchev–Trinajstić information content (AvgIpc) is 2.98. The van der Waals surface area contributed by atoms with Crippen molar-refractivity contribution >= 4 is 39.3 Å². The van der Waals surface area contributed by atoms with E-state index in [9.17, 15) is 14.7 Å². The van der Waals surface area contributed by atoms with Crippen LogP contribution < -0.4 is 10.9 Å². The van der Waals surface area contributed by atoms with E-state index < -0.39 is 17.4 Å². The van der Waals surface area contributed by atoms with E-state index >= 15 is 0 Å². The molecule has 0 aliphatic carbocycles. The van der Waals surface area contributed by atoms with Crippen LogP contribution >= 0.6 is 27.5 Å². The van der Waals surface area contributed by atoms with Gasteiger partial charge in [-0.25, -0.2) is 0 Å². The lowest BCUT2D eigenvalue weighted by Gasteiger charge is -2.26. The third kappa shape index (κ3) is 3.93. The van der Waals surface area contributed by atoms with Crippen molar-refractivity contribution in [1.82, 2.24) is 15.8 Å². The van der Waals surface area contributed by atoms with E-state index in [1.54, 1.807) is 37.4 Å². The number of aromatic amines is 1. The number of carbonyl (C=O) groups excluding carboxylic acids is 2. The Bertz CT molecular complexity index is 734. The number of hydrogen-bond donors (Lipinski definition) is 4. The Morgan fingerprint density at radius 1 is 1.35 bits per heavy atom. The summed E-state index contributed by atoms with van der Waals surface area (Å²) < 4.78 is 0.706. The first-order valence-corrected chi connectivity index (χ1v) is 7.97. The van der Waals surface area contributed by atoms with E-state index in [-0.39, 0.29) is 12.1 Å². The van der Waals surface area contributed by atoms with Crippen LogP contribution in [0.1, 0.15) is 29.4 Å². The number of amides is 2. The van der Waals surface area contributed by atoms with Crippen molar-refractivity contribution in [2.45, 2.75) is 18.9 Å². The van der Waals surface area contributed by atoms with Crippen LogP contribution in [0.3, 0.4) is 0 Å². The molecule has 0 spiro atoms. The second-order valence-corrected chi connectivity index (χ2v) is 6.22. The molecule has 122 valence electrons. The Morgan fingerprint density at radius 2 is 2.09 bits per heavy atom. The molecule has 0 saturated carbocycles. The average molecular weight is 401 g/mol. The Labute approximate surface area is 146 Å². The van der Waals surface area contributed by atoms with Crippen molar-refractivity contribution in [2.75, 3.05) is 0 Å². The van der Waals surface area contributed by atoms with E-state index in [4.69, 9.17) is 11.6 Å². The number of benzene rings is 1. The molecule has 0 aliphatic rings. The molecule has 2 aromatic rings. The predicted molar refractivity (Wildman–Crippen MR) is 89.7 cm³/mol. The molecule has 0 aliphatic heterocycles. The number of aromatic nitrogens is 1. The highest BCUT2D eigenvalue weighted by molar-refractivity contribution is 9.10. The number of rotatable bonds is 4. The molecule has 1 heterocycles. The van der Waals surface area contributed by atoms with E-state index in [2.05, 4.69) is 31.8 Å². The van der Waals surface area contributed by atoms with Crippen molar-refractivity contribution in [3.05, 3.63) is 57.3 Å². The van der Waals surface area contributed by atoms with Gasteiger partial charge in [-0.05, 0) is 46.1 Å². The van der Waals surface area contributed by atoms with Crippen LogP contribution in [0.5, 0.6) is 0 Å². The minimum Gasteiger partial charge on any atom is -0.375 e. The summed E-state index contributed by atoms with van der Waals surface area (Å²) in [6, 6.07) is 7.95. The Hall–Kier alpha value is -1.83. The summed E-state index contributed by atoms with van der Waals surface area (Å²) in [5, 5.41) is 11.0. The fraction of sp³-hybridized carbons (Fsp3) is 0.200. The quantitative estimate of drug-likeness (QED) is 0.594. The van der Waals surface area contributed by atoms with Gasteiger partial charge in [-0.2, -0.15) is 0 Å². The molecule has 1 unspecified atom stereocenters. The van der Waals surface area contributed by atoms with Crippen LogP contribution in [0.25, 0.3) is 0 Å². The number of hydrazine groups is 1. The smallest absolute Gasteiger partial charge is 0.286 e. The van der Waals surface area contributed by atoms with Gasteiger partial charge in [-0.1, -0.05) is 30.7 Å². The van der Waals surface area contributed by atoms with Gasteiger partial charge < -0.3 is 10.1 Å². The standard InChI is InChI=1S/C15H15BrClN3O3/c1-2-15(23,9-4-3-5-11(17)6-9)14(22)20-19-13(21)12-7-10(16)8-18-12/h3-8,18,23H,2H2,1H3,(H,19,21)(H,20,22). The van der Waals surface area contributed by atoms with E-state index in [1.807, 2.05) is 0 Å². The third-order valence-electron chi connectivity index (χ3n) is 3.37. The highest BCUT2D eigenvalue weighted by atomic mass is 79.9. The molecule has 0 fully saturated rings. The molecule has 0 radical (unpaired) electrons. The number of halogens is 2. The second kappa shape index (κ2) is 7.16. The van der Waals surface area contributed by atoms with Gasteiger partial charge in [0.25, 0.3) is 11.8 Å². The van der Waals surface area contributed by atoms with Gasteiger partial charge in [-0.15, -0.1) is 0 Å². The summed E-state index contributed by atoms with van der Waals surface area (Å²) in [6.45, 7) is 1.66. The SMILES string of the molecule is CCC(O)(C(=O)NNC(=O)c1cc(Br)c[nH]1)c1cccc(Cl)c1. The van der Waals surface area contributed by atoms with Crippen LogP contribution in [0.4, 0.5) is 0 Å². The molecule has 1 aromatic carbocycles. The molecule has 1 atom stereocenters. The molecule has 8 heteroatoms. The molecule has 0 bridgehead atoms. The zero-order valence-corrected chi connectivity index (χ0v) is 14.5. The largest absolute Gasteiger partial charge is 0.375 e. The number of H-pyrrole nitrogens is 1. The normalized spacial score (nSPS) is 13.2. The first-order chi connectivity index (χ1) is 10.9. The van der Waals surface area contributed by atoms with Crippen LogP contribution in [-0.2, 0) is 10.4 Å². The lowest BCUT2D eigenvalue weighted by molar-refractivity contribution is -0.142. The van der Waals surface area contributed by atoms with Gasteiger partial charge >= 0.3 is 0 Å². The summed E-state index contributed by atoms with van der Waals surface area (Å²) in [6.07, 6.45) is 1.70. The second-order valence-electron chi connectivity index (χ2n) is 4.86. The molecular formula is C15H15BrClN3O3. The topological polar surface area (TPSA) is 94.2 Å². The predicted octanol–water partition coefficient (Wildman–Crippen LogP) is 2.49. The van der Waals surface area contributed by atoms with Gasteiger partial charge in [0, 0.05) is 15.7 Å². The summed E-state index contributed by atoms with van der Waals surface area (Å²) in [5.41, 5.74) is 3.30. The highest BCUT2D eigenvalue weighted by Crippen LogP contribution is 2.27. The van der Waals surface area contributed by atoms with Crippen molar-refractivity contribution in [1.29, 1.82) is 0 Å². The van der Waals surface area contributed by atoms with Crippen molar-refractivity contribution in [2.24, 2.45) is 0 Å². The van der Waals surface area contributed by atoms with Gasteiger partial charge in [0.15, 0.2) is 5.60 Å². The molecule has 6 nitrogen and oxygen atoms in total. The number of hydrogen-bond acceptors (Lipinski definition) is 3. The molecule has 2 rings (SSSR count). The first-order valence-electron chi connectivity index (χ1n) is 6.80. The van der Waals surface area contributed by atoms with Crippen molar-refractivity contribution in [3.8, 4) is 0 Å².